The van der Waals surface area contributed by atoms with Crippen LogP contribution in [0.5, 0.6) is 0 Å². The van der Waals surface area contributed by atoms with E-state index in [0.29, 0.717) is 42.0 Å². The molecule has 4 nitrogen and oxygen atoms in total. The fraction of sp³-hybridized carbons (Fsp3) is 0.931. The highest BCUT2D eigenvalue weighted by atomic mass is 28.4. The van der Waals surface area contributed by atoms with E-state index >= 15 is 0 Å². The van der Waals surface area contributed by atoms with E-state index in [9.17, 15) is 14.7 Å². The summed E-state index contributed by atoms with van der Waals surface area (Å²) in [4.78, 5) is 24.5. The lowest BCUT2D eigenvalue weighted by Gasteiger charge is -2.63. The molecule has 5 heteroatoms. The second-order valence-corrected chi connectivity index (χ2v) is 19.4. The lowest BCUT2D eigenvalue weighted by molar-refractivity contribution is -0.162. The standard InChI is InChI=1S/C29H50O4Si/c1-18(30)22-9-10-23-26-19(16-25(31)32)15-20-17-21(33-34(7,8)27(2,3)4)11-13-28(20,5)24(26)12-14-29(22,23)6/h19-24,26H,9-17H2,1-8H3,(H,31,32)/t19-,20?,21+,22+,23?,24?,26?,28-,29+/m0/s1. The zero-order chi connectivity index (χ0) is 25.3. The number of fused-ring (bicyclic) bond motifs is 5. The van der Waals surface area contributed by atoms with Gasteiger partial charge in [0.1, 0.15) is 5.78 Å². The molecular weight excluding hydrogens is 440 g/mol. The molecule has 0 aromatic carbocycles. The lowest BCUT2D eigenvalue weighted by atomic mass is 9.42. The number of hydrogen-bond acceptors (Lipinski definition) is 3. The number of carboxylic acids is 1. The maximum Gasteiger partial charge on any atom is 0.303 e. The second-order valence-electron chi connectivity index (χ2n) is 14.6. The number of carbonyl (C=O) groups is 2. The van der Waals surface area contributed by atoms with Gasteiger partial charge >= 0.3 is 5.97 Å². The molecule has 0 saturated heterocycles. The summed E-state index contributed by atoms with van der Waals surface area (Å²) in [7, 11) is -1.82. The molecule has 0 aromatic heterocycles. The first kappa shape index (κ1) is 26.4. The molecule has 0 amide bonds. The van der Waals surface area contributed by atoms with E-state index in [2.05, 4.69) is 47.7 Å². The summed E-state index contributed by atoms with van der Waals surface area (Å²) in [5, 5.41) is 10.1. The van der Waals surface area contributed by atoms with Crippen molar-refractivity contribution in [3.05, 3.63) is 0 Å². The molecule has 4 aliphatic carbocycles. The molecule has 4 rings (SSSR count). The molecule has 0 spiro atoms. The Morgan fingerprint density at radius 1 is 0.971 bits per heavy atom. The fourth-order valence-electron chi connectivity index (χ4n) is 9.19. The SMILES string of the molecule is CC(=O)[C@H]1CCC2C3C(CC[C@@]21C)[C@@]1(C)CC[C@@H](O[Si](C)(C)C(C)(C)C)CC1C[C@H]3CC(=O)O. The van der Waals surface area contributed by atoms with E-state index in [1.54, 1.807) is 6.92 Å². The Kier molecular flexibility index (Phi) is 6.76. The van der Waals surface area contributed by atoms with Gasteiger partial charge in [0.2, 0.25) is 0 Å². The van der Waals surface area contributed by atoms with E-state index in [0.717, 1.165) is 38.5 Å². The Morgan fingerprint density at radius 3 is 2.18 bits per heavy atom. The molecule has 0 aliphatic heterocycles. The smallest absolute Gasteiger partial charge is 0.303 e. The molecule has 0 bridgehead atoms. The Hall–Kier alpha value is -0.683. The van der Waals surface area contributed by atoms with Gasteiger partial charge in [-0.2, -0.15) is 0 Å². The molecule has 0 aromatic rings. The summed E-state index contributed by atoms with van der Waals surface area (Å²) in [6.07, 6.45) is 9.49. The molecule has 4 fully saturated rings. The van der Waals surface area contributed by atoms with Crippen molar-refractivity contribution in [1.82, 2.24) is 0 Å². The van der Waals surface area contributed by atoms with E-state index in [1.807, 2.05) is 0 Å². The van der Waals surface area contributed by atoms with Crippen LogP contribution >= 0.6 is 0 Å². The van der Waals surface area contributed by atoms with Gasteiger partial charge in [0.05, 0.1) is 0 Å². The van der Waals surface area contributed by atoms with Crippen LogP contribution in [0.15, 0.2) is 0 Å². The second kappa shape index (κ2) is 8.71. The van der Waals surface area contributed by atoms with Crippen LogP contribution in [0, 0.1) is 46.3 Å². The lowest BCUT2D eigenvalue weighted by Crippen LogP contribution is -2.58. The molecule has 9 atom stereocenters. The average Bonchev–Trinajstić information content (AvgIpc) is 3.05. The van der Waals surface area contributed by atoms with Gasteiger partial charge in [0, 0.05) is 18.4 Å². The Morgan fingerprint density at radius 2 is 1.59 bits per heavy atom. The summed E-state index contributed by atoms with van der Waals surface area (Å²) >= 11 is 0. The molecule has 4 saturated carbocycles. The number of carboxylic acid groups (broad SMARTS) is 1. The van der Waals surface area contributed by atoms with Crippen LogP contribution in [0.3, 0.4) is 0 Å². The van der Waals surface area contributed by atoms with Crippen LogP contribution in [0.1, 0.15) is 99.3 Å². The van der Waals surface area contributed by atoms with Crippen LogP contribution in [0.2, 0.25) is 18.1 Å². The number of rotatable bonds is 5. The van der Waals surface area contributed by atoms with E-state index in [-0.39, 0.29) is 27.7 Å². The number of carbonyl (C=O) groups excluding carboxylic acids is 1. The molecule has 0 heterocycles. The molecule has 4 unspecified atom stereocenters. The summed E-state index contributed by atoms with van der Waals surface area (Å²) in [6, 6.07) is 0. The zero-order valence-electron chi connectivity index (χ0n) is 23.1. The molecule has 4 aliphatic rings. The largest absolute Gasteiger partial charge is 0.481 e. The molecular formula is C29H50O4Si. The molecule has 34 heavy (non-hydrogen) atoms. The third kappa shape index (κ3) is 4.25. The van der Waals surface area contributed by atoms with Crippen molar-refractivity contribution in [1.29, 1.82) is 0 Å². The normalized spacial score (nSPS) is 44.6. The Balaban J connectivity index is 1.61. The summed E-state index contributed by atoms with van der Waals surface area (Å²) in [5.74, 6) is 2.21. The minimum atomic E-state index is -1.82. The fourth-order valence-corrected chi connectivity index (χ4v) is 10.6. The number of Topliss-reactive ketones (excluding diaryl/α,β-unsaturated/α-hetero) is 1. The predicted octanol–water partition coefficient (Wildman–Crippen LogP) is 7.33. The van der Waals surface area contributed by atoms with Gasteiger partial charge in [-0.1, -0.05) is 34.6 Å². The van der Waals surface area contributed by atoms with Crippen molar-refractivity contribution in [3.8, 4) is 0 Å². The highest BCUT2D eigenvalue weighted by molar-refractivity contribution is 6.74. The minimum absolute atomic E-state index is 0.0651. The Labute approximate surface area is 209 Å². The van der Waals surface area contributed by atoms with Gasteiger partial charge in [0.15, 0.2) is 8.32 Å². The van der Waals surface area contributed by atoms with Crippen molar-refractivity contribution in [2.75, 3.05) is 0 Å². The highest BCUT2D eigenvalue weighted by Crippen LogP contribution is 2.69. The maximum absolute atomic E-state index is 12.5. The van der Waals surface area contributed by atoms with Gasteiger partial charge in [-0.05, 0) is 117 Å². The van der Waals surface area contributed by atoms with E-state index < -0.39 is 14.3 Å². The van der Waals surface area contributed by atoms with Crippen LogP contribution in [0.25, 0.3) is 0 Å². The van der Waals surface area contributed by atoms with Crippen molar-refractivity contribution in [2.24, 2.45) is 46.3 Å². The number of ketones is 1. The van der Waals surface area contributed by atoms with Gasteiger partial charge in [-0.15, -0.1) is 0 Å². The van der Waals surface area contributed by atoms with Crippen LogP contribution in [0.4, 0.5) is 0 Å². The maximum atomic E-state index is 12.5. The van der Waals surface area contributed by atoms with Crippen molar-refractivity contribution < 1.29 is 19.1 Å². The molecule has 194 valence electrons. The van der Waals surface area contributed by atoms with Gasteiger partial charge < -0.3 is 9.53 Å². The molecule has 0 radical (unpaired) electrons. The van der Waals surface area contributed by atoms with E-state index in [1.165, 1.54) is 12.8 Å². The van der Waals surface area contributed by atoms with Gasteiger partial charge in [-0.3, -0.25) is 9.59 Å². The van der Waals surface area contributed by atoms with Crippen LogP contribution < -0.4 is 0 Å². The van der Waals surface area contributed by atoms with Gasteiger partial charge in [-0.25, -0.2) is 0 Å². The summed E-state index contributed by atoms with van der Waals surface area (Å²) < 4.78 is 6.90. The monoisotopic (exact) mass is 490 g/mol. The van der Waals surface area contributed by atoms with E-state index in [4.69, 9.17) is 4.43 Å². The van der Waals surface area contributed by atoms with Crippen LogP contribution in [-0.4, -0.2) is 31.3 Å². The van der Waals surface area contributed by atoms with Gasteiger partial charge in [0.25, 0.3) is 0 Å². The Bertz CT molecular complexity index is 815. The number of aliphatic carboxylic acids is 1. The third-order valence-electron chi connectivity index (χ3n) is 12.0. The minimum Gasteiger partial charge on any atom is -0.481 e. The predicted molar refractivity (Wildman–Crippen MR) is 139 cm³/mol. The summed E-state index contributed by atoms with van der Waals surface area (Å²) in [5.41, 5.74) is 0.345. The average molecular weight is 491 g/mol. The van der Waals surface area contributed by atoms with Crippen molar-refractivity contribution in [3.63, 3.8) is 0 Å². The first-order chi connectivity index (χ1) is 15.6. The topological polar surface area (TPSA) is 63.6 Å². The quantitative estimate of drug-likeness (QED) is 0.410. The van der Waals surface area contributed by atoms with Crippen LogP contribution in [-0.2, 0) is 14.0 Å². The first-order valence-corrected chi connectivity index (χ1v) is 16.9. The third-order valence-corrected chi connectivity index (χ3v) is 16.5. The summed E-state index contributed by atoms with van der Waals surface area (Å²) in [6.45, 7) is 18.3. The van der Waals surface area contributed by atoms with Crippen molar-refractivity contribution in [2.45, 2.75) is 124 Å². The number of hydrogen-bond donors (Lipinski definition) is 1. The molecule has 1 N–H and O–H groups in total. The van der Waals surface area contributed by atoms with Crippen molar-refractivity contribution >= 4 is 20.1 Å². The first-order valence-electron chi connectivity index (χ1n) is 14.0. The highest BCUT2D eigenvalue weighted by Gasteiger charge is 2.63. The zero-order valence-corrected chi connectivity index (χ0v) is 24.1.